The molecule has 0 amide bonds. The number of rotatable bonds is 4. The minimum absolute atomic E-state index is 0.0139. The maximum atomic E-state index is 11.6. The van der Waals surface area contributed by atoms with Gasteiger partial charge in [0.15, 0.2) is 0 Å². The number of hydrogen-bond acceptors (Lipinski definition) is 5. The highest BCUT2D eigenvalue weighted by Crippen LogP contribution is 2.33. The molecular formula is C14H15ClN2O4. The number of nitro benzene ring substituents is 1. The van der Waals surface area contributed by atoms with Crippen molar-refractivity contribution in [3.8, 4) is 0 Å². The molecule has 1 aliphatic carbocycles. The Bertz CT molecular complexity index is 601. The molecule has 1 aliphatic rings. The maximum absolute atomic E-state index is 11.6. The van der Waals surface area contributed by atoms with Crippen LogP contribution in [0.2, 0.25) is 5.02 Å². The molecule has 1 unspecified atom stereocenters. The maximum Gasteiger partial charge on any atom is 0.339 e. The normalized spacial score (nSPS) is 17.3. The van der Waals surface area contributed by atoms with E-state index in [1.165, 1.54) is 13.2 Å². The predicted molar refractivity (Wildman–Crippen MR) is 79.8 cm³/mol. The summed E-state index contributed by atoms with van der Waals surface area (Å²) in [7, 11) is 1.20. The molecule has 6 nitrogen and oxygen atoms in total. The molecule has 1 aromatic carbocycles. The van der Waals surface area contributed by atoms with Gasteiger partial charge in [0.05, 0.1) is 22.6 Å². The molecule has 0 bridgehead atoms. The largest absolute Gasteiger partial charge is 0.465 e. The smallest absolute Gasteiger partial charge is 0.339 e. The Labute approximate surface area is 126 Å². The predicted octanol–water partition coefficient (Wildman–Crippen LogP) is 3.56. The summed E-state index contributed by atoms with van der Waals surface area (Å²) in [5, 5.41) is 14.4. The van der Waals surface area contributed by atoms with Crippen molar-refractivity contribution in [3.63, 3.8) is 0 Å². The van der Waals surface area contributed by atoms with Gasteiger partial charge in [0.1, 0.15) is 5.69 Å². The van der Waals surface area contributed by atoms with E-state index >= 15 is 0 Å². The molecule has 0 saturated carbocycles. The van der Waals surface area contributed by atoms with Gasteiger partial charge in [-0.05, 0) is 25.3 Å². The van der Waals surface area contributed by atoms with Gasteiger partial charge in [0.2, 0.25) is 0 Å². The second-order valence-corrected chi connectivity index (χ2v) is 5.13. The fourth-order valence-electron chi connectivity index (χ4n) is 2.24. The molecule has 0 heterocycles. The molecule has 0 aliphatic heterocycles. The summed E-state index contributed by atoms with van der Waals surface area (Å²) in [6.07, 6.45) is 6.74. The van der Waals surface area contributed by atoms with Gasteiger partial charge < -0.3 is 10.1 Å². The van der Waals surface area contributed by atoms with E-state index in [9.17, 15) is 14.9 Å². The number of benzene rings is 1. The van der Waals surface area contributed by atoms with Crippen LogP contribution in [0.25, 0.3) is 0 Å². The van der Waals surface area contributed by atoms with Crippen LogP contribution < -0.4 is 5.32 Å². The molecule has 1 N–H and O–H groups in total. The molecule has 21 heavy (non-hydrogen) atoms. The van der Waals surface area contributed by atoms with Crippen molar-refractivity contribution in [2.45, 2.75) is 25.3 Å². The molecule has 2 rings (SSSR count). The van der Waals surface area contributed by atoms with Crippen molar-refractivity contribution in [3.05, 3.63) is 45.0 Å². The number of halogens is 1. The Hall–Kier alpha value is -2.08. The van der Waals surface area contributed by atoms with E-state index in [1.807, 2.05) is 6.08 Å². The van der Waals surface area contributed by atoms with Crippen molar-refractivity contribution in [2.24, 2.45) is 0 Å². The first-order valence-corrected chi connectivity index (χ1v) is 6.88. The number of esters is 1. The van der Waals surface area contributed by atoms with E-state index in [4.69, 9.17) is 11.6 Å². The number of carbonyl (C=O) groups is 1. The first kappa shape index (κ1) is 15.3. The van der Waals surface area contributed by atoms with Gasteiger partial charge >= 0.3 is 5.97 Å². The van der Waals surface area contributed by atoms with Crippen LogP contribution >= 0.6 is 11.6 Å². The van der Waals surface area contributed by atoms with Crippen LogP contribution in [0.3, 0.4) is 0 Å². The monoisotopic (exact) mass is 310 g/mol. The van der Waals surface area contributed by atoms with Crippen LogP contribution in [0.15, 0.2) is 24.3 Å². The minimum atomic E-state index is -0.699. The molecule has 7 heteroatoms. The molecule has 0 spiro atoms. The Balaban J connectivity index is 2.35. The van der Waals surface area contributed by atoms with Gasteiger partial charge in [-0.1, -0.05) is 23.8 Å². The zero-order chi connectivity index (χ0) is 15.4. The van der Waals surface area contributed by atoms with Crippen molar-refractivity contribution >= 4 is 28.9 Å². The van der Waals surface area contributed by atoms with E-state index in [0.717, 1.165) is 25.3 Å². The number of methoxy groups -OCH3 is 1. The summed E-state index contributed by atoms with van der Waals surface area (Å²) in [6.45, 7) is 0. The third-order valence-electron chi connectivity index (χ3n) is 3.32. The molecule has 0 radical (unpaired) electrons. The zero-order valence-corrected chi connectivity index (χ0v) is 12.2. The van der Waals surface area contributed by atoms with Crippen LogP contribution in [-0.4, -0.2) is 24.0 Å². The molecule has 0 fully saturated rings. The van der Waals surface area contributed by atoms with E-state index in [2.05, 4.69) is 16.1 Å². The van der Waals surface area contributed by atoms with Gasteiger partial charge in [-0.2, -0.15) is 0 Å². The lowest BCUT2D eigenvalue weighted by Crippen LogP contribution is -2.21. The molecule has 0 aromatic heterocycles. The topological polar surface area (TPSA) is 81.5 Å². The number of allylic oxidation sites excluding steroid dienone is 1. The van der Waals surface area contributed by atoms with Crippen LogP contribution in [0.1, 0.15) is 29.6 Å². The lowest BCUT2D eigenvalue weighted by Gasteiger charge is -2.20. The summed E-state index contributed by atoms with van der Waals surface area (Å²) in [5.74, 6) is -0.699. The van der Waals surface area contributed by atoms with Crippen molar-refractivity contribution < 1.29 is 14.5 Å². The number of hydrogen-bond donors (Lipinski definition) is 1. The molecule has 1 aromatic rings. The molecule has 112 valence electrons. The Morgan fingerprint density at radius 3 is 2.81 bits per heavy atom. The third-order valence-corrected chi connectivity index (χ3v) is 3.63. The summed E-state index contributed by atoms with van der Waals surface area (Å²) < 4.78 is 4.57. The molecule has 0 saturated heterocycles. The number of anilines is 1. The van der Waals surface area contributed by atoms with Gasteiger partial charge in [-0.25, -0.2) is 4.79 Å². The standard InChI is InChI=1S/C14H15ClN2O4/c1-21-14(18)10-7-13(17(19)20)12(8-11(10)15)16-9-5-3-2-4-6-9/h2-3,7-9,16H,4-6H2,1H3. The van der Waals surface area contributed by atoms with Crippen molar-refractivity contribution in [1.29, 1.82) is 0 Å². The van der Waals surface area contributed by atoms with E-state index in [0.29, 0.717) is 5.69 Å². The Morgan fingerprint density at radius 2 is 2.24 bits per heavy atom. The van der Waals surface area contributed by atoms with Gasteiger partial charge in [-0.15, -0.1) is 0 Å². The van der Waals surface area contributed by atoms with Gasteiger partial charge in [0, 0.05) is 12.1 Å². The molecular weight excluding hydrogens is 296 g/mol. The van der Waals surface area contributed by atoms with Crippen molar-refractivity contribution in [2.75, 3.05) is 12.4 Å². The van der Waals surface area contributed by atoms with Crippen LogP contribution in [0.5, 0.6) is 0 Å². The van der Waals surface area contributed by atoms with E-state index in [-0.39, 0.29) is 22.3 Å². The second-order valence-electron chi connectivity index (χ2n) is 4.72. The number of nitro groups is 1. The number of carbonyl (C=O) groups excluding carboxylic acids is 1. The number of ether oxygens (including phenoxy) is 1. The van der Waals surface area contributed by atoms with E-state index in [1.54, 1.807) is 0 Å². The highest BCUT2D eigenvalue weighted by atomic mass is 35.5. The first-order chi connectivity index (χ1) is 10.0. The van der Waals surface area contributed by atoms with Crippen LogP contribution in [-0.2, 0) is 4.74 Å². The average molecular weight is 311 g/mol. The second kappa shape index (κ2) is 6.58. The highest BCUT2D eigenvalue weighted by molar-refractivity contribution is 6.34. The lowest BCUT2D eigenvalue weighted by atomic mass is 10.0. The van der Waals surface area contributed by atoms with Gasteiger partial charge in [0.25, 0.3) is 5.69 Å². The Kier molecular flexibility index (Phi) is 4.80. The fourth-order valence-corrected chi connectivity index (χ4v) is 2.48. The van der Waals surface area contributed by atoms with Crippen LogP contribution in [0.4, 0.5) is 11.4 Å². The summed E-state index contributed by atoms with van der Waals surface area (Å²) in [4.78, 5) is 22.2. The minimum Gasteiger partial charge on any atom is -0.465 e. The third kappa shape index (κ3) is 3.52. The quantitative estimate of drug-likeness (QED) is 0.398. The van der Waals surface area contributed by atoms with Crippen molar-refractivity contribution in [1.82, 2.24) is 0 Å². The van der Waals surface area contributed by atoms with Gasteiger partial charge in [-0.3, -0.25) is 10.1 Å². The summed E-state index contributed by atoms with van der Waals surface area (Å²) in [6, 6.07) is 2.67. The lowest BCUT2D eigenvalue weighted by molar-refractivity contribution is -0.384. The number of nitrogens with zero attached hydrogens (tertiary/aromatic N) is 1. The highest BCUT2D eigenvalue weighted by Gasteiger charge is 2.23. The fraction of sp³-hybridized carbons (Fsp3) is 0.357. The SMILES string of the molecule is COC(=O)c1cc([N+](=O)[O-])c(NC2CC=CCC2)cc1Cl. The van der Waals surface area contributed by atoms with E-state index < -0.39 is 10.9 Å². The summed E-state index contributed by atoms with van der Waals surface area (Å²) in [5.41, 5.74) is 0.118. The first-order valence-electron chi connectivity index (χ1n) is 6.50. The Morgan fingerprint density at radius 1 is 1.48 bits per heavy atom. The average Bonchev–Trinajstić information content (AvgIpc) is 2.47. The zero-order valence-electron chi connectivity index (χ0n) is 11.5. The molecule has 1 atom stereocenters. The number of nitrogens with one attached hydrogen (secondary N) is 1. The van der Waals surface area contributed by atoms with Crippen LogP contribution in [0, 0.1) is 10.1 Å². The summed E-state index contributed by atoms with van der Waals surface area (Å²) >= 11 is 6.02.